The lowest BCUT2D eigenvalue weighted by Gasteiger charge is -2.21. The van der Waals surface area contributed by atoms with Gasteiger partial charge < -0.3 is 33.8 Å². The van der Waals surface area contributed by atoms with Gasteiger partial charge in [-0.3, -0.25) is 37.3 Å². The van der Waals surface area contributed by atoms with E-state index in [2.05, 4.69) is 34.6 Å². The molecule has 0 aliphatic rings. The highest BCUT2D eigenvalue weighted by molar-refractivity contribution is 7.47. The van der Waals surface area contributed by atoms with E-state index in [0.717, 1.165) is 95.8 Å². The Morgan fingerprint density at radius 3 is 0.634 bits per heavy atom. The van der Waals surface area contributed by atoms with Crippen LogP contribution in [0.2, 0.25) is 0 Å². The summed E-state index contributed by atoms with van der Waals surface area (Å²) in [5, 5.41) is 10.7. The molecule has 0 heterocycles. The van der Waals surface area contributed by atoms with E-state index in [1.165, 1.54) is 334 Å². The van der Waals surface area contributed by atoms with E-state index in [4.69, 9.17) is 37.0 Å². The monoisotopic (exact) mass is 1630 g/mol. The van der Waals surface area contributed by atoms with Crippen molar-refractivity contribution in [2.75, 3.05) is 39.6 Å². The average molecular weight is 1630 g/mol. The maximum absolute atomic E-state index is 13.2. The summed E-state index contributed by atoms with van der Waals surface area (Å²) >= 11 is 0. The number of carbonyl (C=O) groups excluding carboxylic acids is 4. The first-order valence-electron chi connectivity index (χ1n) is 48.2. The van der Waals surface area contributed by atoms with Gasteiger partial charge in [0.1, 0.15) is 19.3 Å². The van der Waals surface area contributed by atoms with Gasteiger partial charge in [0.15, 0.2) is 12.2 Å². The first kappa shape index (κ1) is 110. The van der Waals surface area contributed by atoms with E-state index < -0.39 is 97.5 Å². The zero-order valence-electron chi connectivity index (χ0n) is 73.8. The van der Waals surface area contributed by atoms with Crippen molar-refractivity contribution >= 4 is 39.5 Å². The van der Waals surface area contributed by atoms with E-state index in [1.54, 1.807) is 0 Å². The first-order valence-corrected chi connectivity index (χ1v) is 51.2. The molecule has 0 radical (unpaired) electrons. The number of aliphatic hydroxyl groups excluding tert-OH is 1. The van der Waals surface area contributed by atoms with E-state index in [9.17, 15) is 43.2 Å². The fraction of sp³-hybridized carbons (Fsp3) is 0.957. The molecule has 0 amide bonds. The summed E-state index contributed by atoms with van der Waals surface area (Å²) in [5.74, 6) is -1.24. The van der Waals surface area contributed by atoms with Crippen molar-refractivity contribution in [2.24, 2.45) is 5.92 Å². The van der Waals surface area contributed by atoms with E-state index >= 15 is 0 Å². The van der Waals surface area contributed by atoms with Gasteiger partial charge in [0.05, 0.1) is 26.4 Å². The van der Waals surface area contributed by atoms with Gasteiger partial charge in [-0.1, -0.05) is 458 Å². The van der Waals surface area contributed by atoms with Crippen molar-refractivity contribution in [1.29, 1.82) is 0 Å². The number of hydrogen-bond donors (Lipinski definition) is 3. The van der Waals surface area contributed by atoms with E-state index in [1.807, 2.05) is 0 Å². The van der Waals surface area contributed by atoms with Crippen LogP contribution in [0.25, 0.3) is 0 Å². The zero-order valence-corrected chi connectivity index (χ0v) is 75.6. The number of phosphoric acid groups is 2. The summed E-state index contributed by atoms with van der Waals surface area (Å²) < 4.78 is 69.2. The molecule has 0 rings (SSSR count). The van der Waals surface area contributed by atoms with Crippen LogP contribution in [0.15, 0.2) is 0 Å². The second kappa shape index (κ2) is 85.5. The molecule has 0 aromatic carbocycles. The molecule has 6 atom stereocenters. The zero-order chi connectivity index (χ0) is 81.8. The standard InChI is InChI=1S/C93H182O17P2/c1-6-10-13-16-19-22-25-28-30-32-34-35-36-38-40-42-48-53-58-63-68-73-78-92(97)109-89(83-104-91(96)77-72-67-62-57-52-47-41-39-37-33-31-29-26-23-20-17-14-11-7-2)85-108-112(101,102)106-81-87(94)80-105-111(99,100)107-84-88(82-103-90(95)76-71-66-61-56-51-45-27-24-21-18-15-12-8-3)110-93(98)79-74-69-64-59-54-49-44-43-46-50-55-60-65-70-75-86(5)9-4/h86-89,94H,6-85H2,1-5H3,(H,99,100)(H,101,102)/t86?,87-,88+,89+/m0/s1. The molecule has 0 spiro atoms. The van der Waals surface area contributed by atoms with Crippen LogP contribution in [0.3, 0.4) is 0 Å². The van der Waals surface area contributed by atoms with Crippen LogP contribution >= 0.6 is 15.6 Å². The average Bonchev–Trinajstić information content (AvgIpc) is 0.914. The third-order valence-corrected chi connectivity index (χ3v) is 24.3. The van der Waals surface area contributed by atoms with E-state index in [-0.39, 0.29) is 25.7 Å². The van der Waals surface area contributed by atoms with Crippen molar-refractivity contribution in [3.8, 4) is 0 Å². The predicted molar refractivity (Wildman–Crippen MR) is 465 cm³/mol. The highest BCUT2D eigenvalue weighted by Crippen LogP contribution is 2.45. The van der Waals surface area contributed by atoms with Gasteiger partial charge >= 0.3 is 39.5 Å². The molecule has 0 aliphatic carbocycles. The molecule has 0 fully saturated rings. The lowest BCUT2D eigenvalue weighted by molar-refractivity contribution is -0.161. The normalized spacial score (nSPS) is 13.9. The Labute approximate surface area is 689 Å². The minimum absolute atomic E-state index is 0.109. The number of rotatable bonds is 93. The smallest absolute Gasteiger partial charge is 0.462 e. The minimum atomic E-state index is -4.97. The Kier molecular flexibility index (Phi) is 84.0. The molecule has 0 aliphatic heterocycles. The number of esters is 4. The molecule has 0 bridgehead atoms. The first-order chi connectivity index (χ1) is 54.6. The molecule has 0 aromatic rings. The van der Waals surface area contributed by atoms with Gasteiger partial charge in [0.25, 0.3) is 0 Å². The summed E-state index contributed by atoms with van der Waals surface area (Å²) in [4.78, 5) is 73.5. The quantitative estimate of drug-likeness (QED) is 0.0222. The summed E-state index contributed by atoms with van der Waals surface area (Å²) in [6.07, 6.45) is 81.9. The van der Waals surface area contributed by atoms with Crippen molar-refractivity contribution in [1.82, 2.24) is 0 Å². The van der Waals surface area contributed by atoms with Crippen molar-refractivity contribution in [2.45, 2.75) is 528 Å². The molecule has 17 nitrogen and oxygen atoms in total. The lowest BCUT2D eigenvalue weighted by Crippen LogP contribution is -2.30. The molecule has 0 aromatic heterocycles. The van der Waals surface area contributed by atoms with Gasteiger partial charge in [0.2, 0.25) is 0 Å². The number of aliphatic hydroxyl groups is 1. The molecule has 666 valence electrons. The van der Waals surface area contributed by atoms with Gasteiger partial charge in [-0.05, 0) is 31.6 Å². The lowest BCUT2D eigenvalue weighted by atomic mass is 9.99. The highest BCUT2D eigenvalue weighted by Gasteiger charge is 2.31. The molecular formula is C93H182O17P2. The van der Waals surface area contributed by atoms with E-state index in [0.29, 0.717) is 25.7 Å². The fourth-order valence-electron chi connectivity index (χ4n) is 14.7. The van der Waals surface area contributed by atoms with Gasteiger partial charge in [-0.25, -0.2) is 9.13 Å². The molecular weight excluding hydrogens is 1450 g/mol. The number of unbranched alkanes of at least 4 members (excludes halogenated alkanes) is 64. The second-order valence-corrected chi connectivity index (χ2v) is 36.6. The third-order valence-electron chi connectivity index (χ3n) is 22.4. The SMILES string of the molecule is CCCCCCCCCCCCCCCCCCCCCCCCC(=O)O[C@H](COC(=O)CCCCCCCCCCCCCCCCCCCCC)COP(=O)(O)OC[C@@H](O)COP(=O)(O)OC[C@@H](COC(=O)CCCCCCCCCCCCCCC)OC(=O)CCCCCCCCCCCCCCCCC(C)CC. The van der Waals surface area contributed by atoms with Crippen LogP contribution in [0.4, 0.5) is 0 Å². The number of ether oxygens (including phenoxy) is 4. The summed E-state index contributed by atoms with van der Waals surface area (Å²) in [6, 6.07) is 0. The van der Waals surface area contributed by atoms with Crippen LogP contribution in [0.1, 0.15) is 510 Å². The molecule has 0 saturated heterocycles. The molecule has 19 heteroatoms. The summed E-state index contributed by atoms with van der Waals surface area (Å²) in [6.45, 7) is 7.46. The topological polar surface area (TPSA) is 237 Å². The summed E-state index contributed by atoms with van der Waals surface area (Å²) in [5.41, 5.74) is 0. The highest BCUT2D eigenvalue weighted by atomic mass is 31.2. The minimum Gasteiger partial charge on any atom is -0.462 e. The van der Waals surface area contributed by atoms with Gasteiger partial charge in [-0.15, -0.1) is 0 Å². The van der Waals surface area contributed by atoms with Gasteiger partial charge in [-0.2, -0.15) is 0 Å². The number of hydrogen-bond acceptors (Lipinski definition) is 15. The maximum Gasteiger partial charge on any atom is 0.472 e. The summed E-state index contributed by atoms with van der Waals surface area (Å²) in [7, 11) is -9.94. The Balaban J connectivity index is 5.25. The molecule has 3 unspecified atom stereocenters. The second-order valence-electron chi connectivity index (χ2n) is 33.6. The van der Waals surface area contributed by atoms with Crippen LogP contribution in [0.5, 0.6) is 0 Å². The number of phosphoric ester groups is 2. The molecule has 112 heavy (non-hydrogen) atoms. The predicted octanol–water partition coefficient (Wildman–Crippen LogP) is 29.1. The van der Waals surface area contributed by atoms with Crippen molar-refractivity contribution < 1.29 is 80.2 Å². The third kappa shape index (κ3) is 84.5. The fourth-order valence-corrected chi connectivity index (χ4v) is 16.3. The van der Waals surface area contributed by atoms with Crippen LogP contribution < -0.4 is 0 Å². The largest absolute Gasteiger partial charge is 0.472 e. The Bertz CT molecular complexity index is 2120. The molecule has 0 saturated carbocycles. The van der Waals surface area contributed by atoms with Crippen LogP contribution in [0, 0.1) is 5.92 Å². The van der Waals surface area contributed by atoms with Crippen molar-refractivity contribution in [3.63, 3.8) is 0 Å². The maximum atomic E-state index is 13.2. The Morgan fingerprint density at radius 2 is 0.429 bits per heavy atom. The van der Waals surface area contributed by atoms with Crippen LogP contribution in [-0.2, 0) is 65.4 Å². The van der Waals surface area contributed by atoms with Gasteiger partial charge in [0, 0.05) is 25.7 Å². The van der Waals surface area contributed by atoms with Crippen LogP contribution in [-0.4, -0.2) is 96.7 Å². The Hall–Kier alpha value is -1.94. The Morgan fingerprint density at radius 1 is 0.250 bits per heavy atom. The number of carbonyl (C=O) groups is 4. The molecule has 3 N–H and O–H groups in total. The van der Waals surface area contributed by atoms with Crippen molar-refractivity contribution in [3.05, 3.63) is 0 Å².